The molecule has 0 aromatic heterocycles. The zero-order chi connectivity index (χ0) is 14.1. The van der Waals surface area contributed by atoms with Gasteiger partial charge in [0.25, 0.3) is 0 Å². The summed E-state index contributed by atoms with van der Waals surface area (Å²) in [6.07, 6.45) is 0.401. The highest BCUT2D eigenvalue weighted by molar-refractivity contribution is 5.77. The first kappa shape index (κ1) is 16.9. The molecule has 5 nitrogen and oxygen atoms in total. The van der Waals surface area contributed by atoms with E-state index in [-0.39, 0.29) is 24.7 Å². The number of ether oxygens (including phenoxy) is 2. The van der Waals surface area contributed by atoms with Crippen molar-refractivity contribution in [3.05, 3.63) is 0 Å². The molecule has 0 spiro atoms. The molecule has 0 aromatic rings. The van der Waals surface area contributed by atoms with E-state index in [2.05, 4.69) is 0 Å². The highest BCUT2D eigenvalue weighted by Crippen LogP contribution is 2.02. The lowest BCUT2D eigenvalue weighted by Gasteiger charge is -2.13. The SMILES string of the molecule is CC(C)COC(=O)CCC(N)C(=O)OCC(C)C. The second-order valence-corrected chi connectivity index (χ2v) is 5.25. The predicted molar refractivity (Wildman–Crippen MR) is 68.8 cm³/mol. The molecule has 0 heterocycles. The van der Waals surface area contributed by atoms with Crippen LogP contribution in [-0.2, 0) is 19.1 Å². The maximum Gasteiger partial charge on any atom is 0.322 e. The highest BCUT2D eigenvalue weighted by atomic mass is 16.5. The summed E-state index contributed by atoms with van der Waals surface area (Å²) in [4.78, 5) is 22.7. The van der Waals surface area contributed by atoms with Gasteiger partial charge in [0.15, 0.2) is 0 Å². The maximum atomic E-state index is 11.4. The van der Waals surface area contributed by atoms with Gasteiger partial charge in [-0.1, -0.05) is 27.7 Å². The average molecular weight is 259 g/mol. The monoisotopic (exact) mass is 259 g/mol. The summed E-state index contributed by atoms with van der Waals surface area (Å²) in [6.45, 7) is 8.56. The fraction of sp³-hybridized carbons (Fsp3) is 0.846. The van der Waals surface area contributed by atoms with E-state index < -0.39 is 12.0 Å². The molecule has 0 aromatic carbocycles. The first-order chi connectivity index (χ1) is 8.32. The molecule has 0 fully saturated rings. The van der Waals surface area contributed by atoms with E-state index in [9.17, 15) is 9.59 Å². The van der Waals surface area contributed by atoms with Crippen LogP contribution >= 0.6 is 0 Å². The van der Waals surface area contributed by atoms with E-state index in [1.165, 1.54) is 0 Å². The number of esters is 2. The van der Waals surface area contributed by atoms with E-state index in [4.69, 9.17) is 15.2 Å². The minimum absolute atomic E-state index is 0.144. The van der Waals surface area contributed by atoms with E-state index in [0.29, 0.717) is 19.1 Å². The molecule has 0 bridgehead atoms. The minimum atomic E-state index is -0.754. The third-order valence-corrected chi connectivity index (χ3v) is 2.10. The van der Waals surface area contributed by atoms with Crippen molar-refractivity contribution in [1.82, 2.24) is 0 Å². The van der Waals surface area contributed by atoms with Gasteiger partial charge in [-0.3, -0.25) is 9.59 Å². The van der Waals surface area contributed by atoms with Crippen LogP contribution in [0.1, 0.15) is 40.5 Å². The van der Waals surface area contributed by atoms with E-state index in [1.807, 2.05) is 27.7 Å². The van der Waals surface area contributed by atoms with Crippen LogP contribution < -0.4 is 5.73 Å². The standard InChI is InChI=1S/C13H25NO4/c1-9(2)7-17-12(15)6-5-11(14)13(16)18-8-10(3)4/h9-11H,5-8,14H2,1-4H3. The highest BCUT2D eigenvalue weighted by Gasteiger charge is 2.17. The molecule has 2 N–H and O–H groups in total. The zero-order valence-corrected chi connectivity index (χ0v) is 11.8. The Balaban J connectivity index is 3.77. The third-order valence-electron chi connectivity index (χ3n) is 2.10. The molecule has 1 atom stereocenters. The predicted octanol–water partition coefficient (Wildman–Crippen LogP) is 1.49. The van der Waals surface area contributed by atoms with Gasteiger partial charge >= 0.3 is 11.9 Å². The Hall–Kier alpha value is -1.10. The van der Waals surface area contributed by atoms with Crippen LogP contribution in [0, 0.1) is 11.8 Å². The van der Waals surface area contributed by atoms with Gasteiger partial charge in [0.2, 0.25) is 0 Å². The van der Waals surface area contributed by atoms with Gasteiger partial charge in [0.05, 0.1) is 13.2 Å². The molecule has 0 aliphatic carbocycles. The second kappa shape index (κ2) is 8.91. The lowest BCUT2D eigenvalue weighted by Crippen LogP contribution is -2.33. The van der Waals surface area contributed by atoms with Gasteiger partial charge in [0, 0.05) is 6.42 Å². The van der Waals surface area contributed by atoms with Crippen molar-refractivity contribution < 1.29 is 19.1 Å². The topological polar surface area (TPSA) is 78.6 Å². The minimum Gasteiger partial charge on any atom is -0.465 e. The summed E-state index contributed by atoms with van der Waals surface area (Å²) in [5.41, 5.74) is 5.63. The Morgan fingerprint density at radius 1 is 1.00 bits per heavy atom. The number of hydrogen-bond acceptors (Lipinski definition) is 5. The van der Waals surface area contributed by atoms with E-state index >= 15 is 0 Å². The Morgan fingerprint density at radius 2 is 1.50 bits per heavy atom. The van der Waals surface area contributed by atoms with Crippen LogP contribution in [-0.4, -0.2) is 31.2 Å². The fourth-order valence-electron chi connectivity index (χ4n) is 1.08. The number of rotatable bonds is 8. The largest absolute Gasteiger partial charge is 0.465 e. The molecule has 0 rings (SSSR count). The number of carbonyl (C=O) groups is 2. The Morgan fingerprint density at radius 3 is 2.00 bits per heavy atom. The van der Waals surface area contributed by atoms with Crippen LogP contribution in [0.5, 0.6) is 0 Å². The molecule has 0 saturated heterocycles. The smallest absolute Gasteiger partial charge is 0.322 e. The molecular weight excluding hydrogens is 234 g/mol. The van der Waals surface area contributed by atoms with Crippen molar-refractivity contribution in [1.29, 1.82) is 0 Å². The Bertz CT molecular complexity index is 264. The first-order valence-corrected chi connectivity index (χ1v) is 6.40. The lowest BCUT2D eigenvalue weighted by molar-refractivity contribution is -0.147. The summed E-state index contributed by atoms with van der Waals surface area (Å²) in [6, 6.07) is -0.754. The normalized spacial score (nSPS) is 12.6. The summed E-state index contributed by atoms with van der Waals surface area (Å²) in [7, 11) is 0. The van der Waals surface area contributed by atoms with Gasteiger partial charge in [-0.05, 0) is 18.3 Å². The Kier molecular flexibility index (Phi) is 8.37. The van der Waals surface area contributed by atoms with E-state index in [0.717, 1.165) is 0 Å². The van der Waals surface area contributed by atoms with Gasteiger partial charge in [-0.25, -0.2) is 0 Å². The summed E-state index contributed by atoms with van der Waals surface area (Å²) in [5, 5.41) is 0. The van der Waals surface area contributed by atoms with Crippen molar-refractivity contribution in [2.45, 2.75) is 46.6 Å². The van der Waals surface area contributed by atoms with Crippen LogP contribution in [0.15, 0.2) is 0 Å². The van der Waals surface area contributed by atoms with Crippen molar-refractivity contribution in [3.63, 3.8) is 0 Å². The quantitative estimate of drug-likeness (QED) is 0.668. The molecule has 0 amide bonds. The number of carbonyl (C=O) groups excluding carboxylic acids is 2. The van der Waals surface area contributed by atoms with Gasteiger partial charge in [-0.2, -0.15) is 0 Å². The molecule has 1 unspecified atom stereocenters. The van der Waals surface area contributed by atoms with Crippen molar-refractivity contribution in [2.24, 2.45) is 17.6 Å². The molecule has 0 aliphatic heterocycles. The zero-order valence-electron chi connectivity index (χ0n) is 11.8. The van der Waals surface area contributed by atoms with Gasteiger partial charge in [0.1, 0.15) is 6.04 Å². The van der Waals surface area contributed by atoms with Gasteiger partial charge in [-0.15, -0.1) is 0 Å². The maximum absolute atomic E-state index is 11.4. The molecule has 0 aliphatic rings. The van der Waals surface area contributed by atoms with Crippen LogP contribution in [0.25, 0.3) is 0 Å². The molecule has 18 heavy (non-hydrogen) atoms. The molecule has 0 saturated carbocycles. The average Bonchev–Trinajstić information content (AvgIpc) is 2.30. The summed E-state index contributed by atoms with van der Waals surface area (Å²) < 4.78 is 9.96. The van der Waals surface area contributed by atoms with Crippen LogP contribution in [0.2, 0.25) is 0 Å². The van der Waals surface area contributed by atoms with Crippen LogP contribution in [0.3, 0.4) is 0 Å². The van der Waals surface area contributed by atoms with Crippen molar-refractivity contribution in [3.8, 4) is 0 Å². The summed E-state index contributed by atoms with van der Waals surface area (Å²) in [5.74, 6) is -0.202. The molecule has 5 heteroatoms. The lowest BCUT2D eigenvalue weighted by atomic mass is 10.1. The van der Waals surface area contributed by atoms with Crippen molar-refractivity contribution in [2.75, 3.05) is 13.2 Å². The van der Waals surface area contributed by atoms with Gasteiger partial charge < -0.3 is 15.2 Å². The van der Waals surface area contributed by atoms with E-state index in [1.54, 1.807) is 0 Å². The first-order valence-electron chi connectivity index (χ1n) is 6.40. The molecule has 106 valence electrons. The summed E-state index contributed by atoms with van der Waals surface area (Å²) >= 11 is 0. The number of nitrogens with two attached hydrogens (primary N) is 1. The second-order valence-electron chi connectivity index (χ2n) is 5.25. The fourth-order valence-corrected chi connectivity index (χ4v) is 1.08. The van der Waals surface area contributed by atoms with Crippen molar-refractivity contribution >= 4 is 11.9 Å². The molecule has 0 radical (unpaired) electrons. The Labute approximate surface area is 109 Å². The van der Waals surface area contributed by atoms with Crippen LogP contribution in [0.4, 0.5) is 0 Å². The number of hydrogen-bond donors (Lipinski definition) is 1. The molecular formula is C13H25NO4. The third kappa shape index (κ3) is 8.98.